The van der Waals surface area contributed by atoms with Gasteiger partial charge in [0.25, 0.3) is 0 Å². The van der Waals surface area contributed by atoms with E-state index in [9.17, 15) is 0 Å². The molecule has 0 bridgehead atoms. The van der Waals surface area contributed by atoms with Crippen molar-refractivity contribution >= 4 is 44.4 Å². The van der Waals surface area contributed by atoms with E-state index in [0.29, 0.717) is 19.2 Å². The second kappa shape index (κ2) is 6.37. The highest BCUT2D eigenvalue weighted by Crippen LogP contribution is 2.27. The molecule has 1 saturated heterocycles. The maximum absolute atomic E-state index is 5.45. The van der Waals surface area contributed by atoms with Crippen molar-refractivity contribution in [3.8, 4) is 0 Å². The van der Waals surface area contributed by atoms with Gasteiger partial charge in [0, 0.05) is 30.3 Å². The predicted octanol–water partition coefficient (Wildman–Crippen LogP) is 2.71. The lowest BCUT2D eigenvalue weighted by Gasteiger charge is -2.28. The van der Waals surface area contributed by atoms with Gasteiger partial charge in [0.1, 0.15) is 5.82 Å². The van der Waals surface area contributed by atoms with Gasteiger partial charge >= 0.3 is 0 Å². The number of nitrogens with one attached hydrogen (secondary N) is 1. The maximum atomic E-state index is 5.45. The predicted molar refractivity (Wildman–Crippen MR) is 96.8 cm³/mol. The third-order valence-corrected chi connectivity index (χ3v) is 4.51. The van der Waals surface area contributed by atoms with Crippen LogP contribution in [0.4, 0.5) is 17.5 Å². The number of hydrogen-bond acceptors (Lipinski definition) is 6. The third kappa shape index (κ3) is 2.94. The lowest BCUT2D eigenvalue weighted by atomic mass is 10.3. The van der Waals surface area contributed by atoms with E-state index in [1.54, 1.807) is 4.68 Å². The standard InChI is InChI=1S/C16H17BrN6O/c1-22-14-13(10-18-22)15(23-6-8-24-9-7-23)21-16(20-14)19-12-4-2-11(17)3-5-12/h2-5,10H,6-9H2,1H3,(H,19,20,21). The van der Waals surface area contributed by atoms with E-state index in [1.165, 1.54) is 0 Å². The van der Waals surface area contributed by atoms with Crippen LogP contribution in [0.5, 0.6) is 0 Å². The minimum absolute atomic E-state index is 0.565. The van der Waals surface area contributed by atoms with Crippen molar-refractivity contribution in [2.24, 2.45) is 7.05 Å². The Morgan fingerprint density at radius 3 is 2.62 bits per heavy atom. The van der Waals surface area contributed by atoms with Crippen molar-refractivity contribution < 1.29 is 4.74 Å². The molecule has 0 atom stereocenters. The molecule has 8 heteroatoms. The largest absolute Gasteiger partial charge is 0.378 e. The topological polar surface area (TPSA) is 68.1 Å². The van der Waals surface area contributed by atoms with Crippen molar-refractivity contribution in [3.05, 3.63) is 34.9 Å². The molecule has 0 unspecified atom stereocenters. The summed E-state index contributed by atoms with van der Waals surface area (Å²) in [7, 11) is 1.89. The van der Waals surface area contributed by atoms with Gasteiger partial charge in [-0.2, -0.15) is 15.1 Å². The highest BCUT2D eigenvalue weighted by Gasteiger charge is 2.19. The van der Waals surface area contributed by atoms with E-state index in [2.05, 4.69) is 36.2 Å². The maximum Gasteiger partial charge on any atom is 0.231 e. The van der Waals surface area contributed by atoms with Gasteiger partial charge in [0.15, 0.2) is 5.65 Å². The van der Waals surface area contributed by atoms with Gasteiger partial charge in [0.05, 0.1) is 24.8 Å². The van der Waals surface area contributed by atoms with Crippen molar-refractivity contribution in [1.29, 1.82) is 0 Å². The molecule has 1 aliphatic rings. The summed E-state index contributed by atoms with van der Waals surface area (Å²) < 4.78 is 8.25. The summed E-state index contributed by atoms with van der Waals surface area (Å²) in [5, 5.41) is 8.57. The Morgan fingerprint density at radius 1 is 1.12 bits per heavy atom. The van der Waals surface area contributed by atoms with Crippen LogP contribution in [0.1, 0.15) is 0 Å². The second-order valence-electron chi connectivity index (χ2n) is 5.61. The summed E-state index contributed by atoms with van der Waals surface area (Å²) in [5.74, 6) is 1.46. The summed E-state index contributed by atoms with van der Waals surface area (Å²) in [6, 6.07) is 7.92. The fourth-order valence-corrected chi connectivity index (χ4v) is 3.01. The lowest BCUT2D eigenvalue weighted by Crippen LogP contribution is -2.37. The van der Waals surface area contributed by atoms with E-state index in [4.69, 9.17) is 9.72 Å². The molecule has 0 amide bonds. The minimum Gasteiger partial charge on any atom is -0.378 e. The van der Waals surface area contributed by atoms with Crippen LogP contribution in [0, 0.1) is 0 Å². The zero-order valence-corrected chi connectivity index (χ0v) is 14.8. The summed E-state index contributed by atoms with van der Waals surface area (Å²) >= 11 is 3.44. The highest BCUT2D eigenvalue weighted by atomic mass is 79.9. The van der Waals surface area contributed by atoms with E-state index in [1.807, 2.05) is 37.5 Å². The number of aromatic nitrogens is 4. The number of anilines is 3. The van der Waals surface area contributed by atoms with Crippen LogP contribution >= 0.6 is 15.9 Å². The lowest BCUT2D eigenvalue weighted by molar-refractivity contribution is 0.122. The Hall–Kier alpha value is -2.19. The van der Waals surface area contributed by atoms with E-state index in [0.717, 1.165) is 40.1 Å². The molecule has 0 radical (unpaired) electrons. The van der Waals surface area contributed by atoms with Crippen LogP contribution in [-0.2, 0) is 11.8 Å². The number of fused-ring (bicyclic) bond motifs is 1. The van der Waals surface area contributed by atoms with E-state index in [-0.39, 0.29) is 0 Å². The number of hydrogen-bond donors (Lipinski definition) is 1. The van der Waals surface area contributed by atoms with Crippen LogP contribution in [0.25, 0.3) is 11.0 Å². The van der Waals surface area contributed by atoms with Crippen LogP contribution in [-0.4, -0.2) is 46.1 Å². The molecule has 1 aromatic carbocycles. The summed E-state index contributed by atoms with van der Waals surface area (Å²) in [4.78, 5) is 11.6. The first-order valence-electron chi connectivity index (χ1n) is 7.76. The van der Waals surface area contributed by atoms with Crippen molar-refractivity contribution in [3.63, 3.8) is 0 Å². The zero-order chi connectivity index (χ0) is 16.5. The zero-order valence-electron chi connectivity index (χ0n) is 13.2. The summed E-state index contributed by atoms with van der Waals surface area (Å²) in [6.07, 6.45) is 1.82. The second-order valence-corrected chi connectivity index (χ2v) is 6.52. The van der Waals surface area contributed by atoms with Gasteiger partial charge in [-0.1, -0.05) is 15.9 Å². The molecule has 1 N–H and O–H groups in total. The normalized spacial score (nSPS) is 15.0. The van der Waals surface area contributed by atoms with Crippen molar-refractivity contribution in [2.45, 2.75) is 0 Å². The molecule has 1 fully saturated rings. The van der Waals surface area contributed by atoms with Crippen LogP contribution in [0.3, 0.4) is 0 Å². The van der Waals surface area contributed by atoms with Gasteiger partial charge in [-0.3, -0.25) is 4.68 Å². The average molecular weight is 389 g/mol. The van der Waals surface area contributed by atoms with Gasteiger partial charge in [-0.15, -0.1) is 0 Å². The number of ether oxygens (including phenoxy) is 1. The van der Waals surface area contributed by atoms with E-state index < -0.39 is 0 Å². The summed E-state index contributed by atoms with van der Waals surface area (Å²) in [5.41, 5.74) is 1.75. The average Bonchev–Trinajstić information content (AvgIpc) is 2.98. The molecule has 3 aromatic rings. The number of nitrogens with zero attached hydrogens (tertiary/aromatic N) is 5. The van der Waals surface area contributed by atoms with Crippen LogP contribution < -0.4 is 10.2 Å². The Bertz CT molecular complexity index is 857. The van der Waals surface area contributed by atoms with Crippen molar-refractivity contribution in [2.75, 3.05) is 36.5 Å². The molecule has 1 aliphatic heterocycles. The van der Waals surface area contributed by atoms with Gasteiger partial charge in [-0.25, -0.2) is 0 Å². The van der Waals surface area contributed by atoms with Gasteiger partial charge < -0.3 is 15.0 Å². The highest BCUT2D eigenvalue weighted by molar-refractivity contribution is 9.10. The fourth-order valence-electron chi connectivity index (χ4n) is 2.74. The van der Waals surface area contributed by atoms with Gasteiger partial charge in [-0.05, 0) is 24.3 Å². The smallest absolute Gasteiger partial charge is 0.231 e. The quantitative estimate of drug-likeness (QED) is 0.743. The third-order valence-electron chi connectivity index (χ3n) is 3.98. The number of aryl methyl sites for hydroxylation is 1. The first kappa shape index (κ1) is 15.3. The molecule has 124 valence electrons. The number of halogens is 1. The van der Waals surface area contributed by atoms with Crippen LogP contribution in [0.2, 0.25) is 0 Å². The number of rotatable bonds is 3. The summed E-state index contributed by atoms with van der Waals surface area (Å²) in [6.45, 7) is 3.06. The molecule has 0 saturated carbocycles. The Morgan fingerprint density at radius 2 is 1.88 bits per heavy atom. The monoisotopic (exact) mass is 388 g/mol. The number of morpholine rings is 1. The SMILES string of the molecule is Cn1ncc2c(N3CCOCC3)nc(Nc3ccc(Br)cc3)nc21. The molecule has 0 aliphatic carbocycles. The Balaban J connectivity index is 1.75. The van der Waals surface area contributed by atoms with E-state index >= 15 is 0 Å². The molecule has 4 rings (SSSR count). The molecular formula is C16H17BrN6O. The first-order valence-corrected chi connectivity index (χ1v) is 8.55. The molecular weight excluding hydrogens is 372 g/mol. The fraction of sp³-hybridized carbons (Fsp3) is 0.312. The molecule has 24 heavy (non-hydrogen) atoms. The molecule has 3 heterocycles. The first-order chi connectivity index (χ1) is 11.7. The number of benzene rings is 1. The Labute approximate surface area is 147 Å². The van der Waals surface area contributed by atoms with Gasteiger partial charge in [0.2, 0.25) is 5.95 Å². The molecule has 7 nitrogen and oxygen atoms in total. The molecule has 0 spiro atoms. The van der Waals surface area contributed by atoms with Crippen LogP contribution in [0.15, 0.2) is 34.9 Å². The molecule has 2 aromatic heterocycles. The van der Waals surface area contributed by atoms with Crippen molar-refractivity contribution in [1.82, 2.24) is 19.7 Å². The Kier molecular flexibility index (Phi) is 4.07. The minimum atomic E-state index is 0.565.